The Hall–Kier alpha value is -2.57. The van der Waals surface area contributed by atoms with Crippen LogP contribution >= 0.6 is 0 Å². The molecule has 0 radical (unpaired) electrons. The second-order valence-corrected chi connectivity index (χ2v) is 3.97. The zero-order valence-electron chi connectivity index (χ0n) is 10.5. The number of aromatic nitrogens is 3. The van der Waals surface area contributed by atoms with Gasteiger partial charge < -0.3 is 15.8 Å². The van der Waals surface area contributed by atoms with Gasteiger partial charge in [-0.1, -0.05) is 17.3 Å². The first-order valence-corrected chi connectivity index (χ1v) is 5.72. The minimum Gasteiger partial charge on any atom is -0.497 e. The van der Waals surface area contributed by atoms with Crippen LogP contribution in [-0.4, -0.2) is 28.0 Å². The number of nitrogens with one attached hydrogen (secondary N) is 1. The fraction of sp³-hybridized carbons (Fsp3) is 0.250. The summed E-state index contributed by atoms with van der Waals surface area (Å²) in [5.41, 5.74) is 6.40. The Labute approximate surface area is 110 Å². The maximum atomic E-state index is 11.7. The Kier molecular flexibility index (Phi) is 3.97. The number of methoxy groups -OCH3 is 1. The average molecular weight is 261 g/mol. The maximum Gasteiger partial charge on any atom is 0.242 e. The highest BCUT2D eigenvalue weighted by atomic mass is 16.5. The molecule has 0 saturated heterocycles. The van der Waals surface area contributed by atoms with E-state index in [1.165, 1.54) is 10.9 Å². The second kappa shape index (κ2) is 5.85. The number of benzene rings is 1. The number of nitrogens with two attached hydrogens (primary N) is 1. The molecule has 2 aromatic rings. The number of carbonyl (C=O) groups is 1. The summed E-state index contributed by atoms with van der Waals surface area (Å²) < 4.78 is 6.45. The molecule has 7 nitrogen and oxygen atoms in total. The van der Waals surface area contributed by atoms with Crippen LogP contribution in [0.3, 0.4) is 0 Å². The topological polar surface area (TPSA) is 95.1 Å². The van der Waals surface area contributed by atoms with Gasteiger partial charge in [-0.25, -0.2) is 4.68 Å². The molecule has 100 valence electrons. The number of anilines is 1. The van der Waals surface area contributed by atoms with Crippen molar-refractivity contribution in [3.05, 3.63) is 36.0 Å². The highest BCUT2D eigenvalue weighted by molar-refractivity contribution is 5.75. The number of hydrogen-bond acceptors (Lipinski definition) is 5. The van der Waals surface area contributed by atoms with Crippen molar-refractivity contribution in [2.45, 2.75) is 13.1 Å². The molecule has 0 atom stereocenters. The highest BCUT2D eigenvalue weighted by Crippen LogP contribution is 2.10. The van der Waals surface area contributed by atoms with Crippen LogP contribution in [0.15, 0.2) is 30.5 Å². The van der Waals surface area contributed by atoms with E-state index in [1.54, 1.807) is 7.11 Å². The molecule has 0 aliphatic heterocycles. The number of rotatable bonds is 5. The number of nitrogen functional groups attached to an aromatic ring is 1. The molecule has 0 spiro atoms. The molecule has 19 heavy (non-hydrogen) atoms. The Morgan fingerprint density at radius 2 is 2.16 bits per heavy atom. The molecule has 2 rings (SSSR count). The van der Waals surface area contributed by atoms with Crippen LogP contribution < -0.4 is 15.8 Å². The minimum absolute atomic E-state index is 0.0976. The van der Waals surface area contributed by atoms with Gasteiger partial charge in [0.2, 0.25) is 5.91 Å². The number of amides is 1. The molecule has 1 aromatic carbocycles. The van der Waals surface area contributed by atoms with E-state index in [-0.39, 0.29) is 12.5 Å². The van der Waals surface area contributed by atoms with Gasteiger partial charge in [0.15, 0.2) is 5.82 Å². The van der Waals surface area contributed by atoms with Crippen LogP contribution in [-0.2, 0) is 17.9 Å². The maximum absolute atomic E-state index is 11.7. The number of ether oxygens (including phenoxy) is 1. The smallest absolute Gasteiger partial charge is 0.242 e. The van der Waals surface area contributed by atoms with Crippen molar-refractivity contribution in [1.29, 1.82) is 0 Å². The Morgan fingerprint density at radius 3 is 2.74 bits per heavy atom. The molecule has 0 aliphatic carbocycles. The van der Waals surface area contributed by atoms with Gasteiger partial charge in [-0.3, -0.25) is 4.79 Å². The summed E-state index contributed by atoms with van der Waals surface area (Å²) in [6.45, 7) is 0.549. The average Bonchev–Trinajstić information content (AvgIpc) is 2.82. The lowest BCUT2D eigenvalue weighted by Gasteiger charge is -2.06. The molecule has 0 fully saturated rings. The molecule has 3 N–H and O–H groups in total. The van der Waals surface area contributed by atoms with Crippen LogP contribution in [0.4, 0.5) is 5.82 Å². The fourth-order valence-electron chi connectivity index (χ4n) is 1.54. The fourth-order valence-corrected chi connectivity index (χ4v) is 1.54. The van der Waals surface area contributed by atoms with E-state index in [0.717, 1.165) is 11.3 Å². The number of hydrogen-bond donors (Lipinski definition) is 2. The van der Waals surface area contributed by atoms with Gasteiger partial charge in [0, 0.05) is 6.54 Å². The van der Waals surface area contributed by atoms with Gasteiger partial charge in [-0.05, 0) is 17.7 Å². The van der Waals surface area contributed by atoms with E-state index in [1.807, 2.05) is 24.3 Å². The molecule has 0 unspecified atom stereocenters. The lowest BCUT2D eigenvalue weighted by atomic mass is 10.2. The molecule has 0 saturated carbocycles. The number of nitrogens with zero attached hydrogens (tertiary/aromatic N) is 3. The summed E-state index contributed by atoms with van der Waals surface area (Å²) in [4.78, 5) is 11.7. The van der Waals surface area contributed by atoms with Gasteiger partial charge in [-0.2, -0.15) is 0 Å². The van der Waals surface area contributed by atoms with Gasteiger partial charge in [-0.15, -0.1) is 5.10 Å². The predicted octanol–water partition coefficient (Wildman–Crippen LogP) is 0.185. The van der Waals surface area contributed by atoms with Crippen molar-refractivity contribution in [2.75, 3.05) is 12.8 Å². The van der Waals surface area contributed by atoms with Crippen molar-refractivity contribution in [1.82, 2.24) is 20.3 Å². The van der Waals surface area contributed by atoms with Crippen LogP contribution in [0.25, 0.3) is 0 Å². The molecular weight excluding hydrogens is 246 g/mol. The second-order valence-electron chi connectivity index (χ2n) is 3.97. The summed E-state index contributed by atoms with van der Waals surface area (Å²) in [5, 5.41) is 10.1. The van der Waals surface area contributed by atoms with E-state index in [9.17, 15) is 4.79 Å². The Bertz CT molecular complexity index is 550. The molecule has 1 amide bonds. The van der Waals surface area contributed by atoms with Crippen molar-refractivity contribution in [2.24, 2.45) is 0 Å². The lowest BCUT2D eigenvalue weighted by molar-refractivity contribution is -0.122. The van der Waals surface area contributed by atoms with Gasteiger partial charge >= 0.3 is 0 Å². The highest BCUT2D eigenvalue weighted by Gasteiger charge is 2.04. The van der Waals surface area contributed by atoms with E-state index in [0.29, 0.717) is 12.4 Å². The lowest BCUT2D eigenvalue weighted by Crippen LogP contribution is -2.27. The van der Waals surface area contributed by atoms with Crippen molar-refractivity contribution in [3.8, 4) is 5.75 Å². The quantitative estimate of drug-likeness (QED) is 0.800. The standard InChI is InChI=1S/C12H15N5O2/c1-19-10-4-2-9(3-5-10)6-14-12(18)8-17-7-11(13)15-16-17/h2-5,7H,6,8,13H2,1H3,(H,14,18). The SMILES string of the molecule is COc1ccc(CNC(=O)Cn2cc(N)nn2)cc1. The first-order chi connectivity index (χ1) is 9.17. The van der Waals surface area contributed by atoms with Crippen LogP contribution in [0.5, 0.6) is 5.75 Å². The van der Waals surface area contributed by atoms with Crippen LogP contribution in [0, 0.1) is 0 Å². The van der Waals surface area contributed by atoms with E-state index >= 15 is 0 Å². The summed E-state index contributed by atoms with van der Waals surface area (Å²) in [6, 6.07) is 7.48. The molecular formula is C12H15N5O2. The predicted molar refractivity (Wildman–Crippen MR) is 69.3 cm³/mol. The van der Waals surface area contributed by atoms with Crippen molar-refractivity contribution < 1.29 is 9.53 Å². The van der Waals surface area contributed by atoms with E-state index in [4.69, 9.17) is 10.5 Å². The van der Waals surface area contributed by atoms with E-state index < -0.39 is 0 Å². The van der Waals surface area contributed by atoms with E-state index in [2.05, 4.69) is 15.6 Å². The third-order valence-corrected chi connectivity index (χ3v) is 2.51. The normalized spacial score (nSPS) is 10.2. The summed E-state index contributed by atoms with van der Waals surface area (Å²) >= 11 is 0. The summed E-state index contributed by atoms with van der Waals surface area (Å²) in [7, 11) is 1.61. The van der Waals surface area contributed by atoms with Crippen LogP contribution in [0.1, 0.15) is 5.56 Å². The van der Waals surface area contributed by atoms with Gasteiger partial charge in [0.25, 0.3) is 0 Å². The van der Waals surface area contributed by atoms with Crippen molar-refractivity contribution in [3.63, 3.8) is 0 Å². The minimum atomic E-state index is -0.152. The molecule has 1 aromatic heterocycles. The Balaban J connectivity index is 1.82. The third-order valence-electron chi connectivity index (χ3n) is 2.51. The molecule has 0 aliphatic rings. The van der Waals surface area contributed by atoms with Gasteiger partial charge in [0.1, 0.15) is 12.3 Å². The summed E-state index contributed by atoms with van der Waals surface area (Å²) in [5.74, 6) is 0.928. The largest absolute Gasteiger partial charge is 0.497 e. The zero-order valence-corrected chi connectivity index (χ0v) is 10.5. The van der Waals surface area contributed by atoms with Gasteiger partial charge in [0.05, 0.1) is 13.3 Å². The first-order valence-electron chi connectivity index (χ1n) is 5.72. The number of carbonyl (C=O) groups excluding carboxylic acids is 1. The molecule has 7 heteroatoms. The zero-order chi connectivity index (χ0) is 13.7. The van der Waals surface area contributed by atoms with Crippen molar-refractivity contribution >= 4 is 11.7 Å². The summed E-state index contributed by atoms with van der Waals surface area (Å²) in [6.07, 6.45) is 1.51. The first kappa shape index (κ1) is 12.9. The Morgan fingerprint density at radius 1 is 1.42 bits per heavy atom. The van der Waals surface area contributed by atoms with Crippen LogP contribution in [0.2, 0.25) is 0 Å². The third kappa shape index (κ3) is 3.70. The molecule has 0 bridgehead atoms. The molecule has 1 heterocycles. The monoisotopic (exact) mass is 261 g/mol.